The number of hydrogen-bond acceptors (Lipinski definition) is 4. The fourth-order valence-electron chi connectivity index (χ4n) is 4.83. The highest BCUT2D eigenvalue weighted by molar-refractivity contribution is 5.46. The van der Waals surface area contributed by atoms with Crippen molar-refractivity contribution < 1.29 is 4.74 Å². The first-order chi connectivity index (χ1) is 11.9. The highest BCUT2D eigenvalue weighted by atomic mass is 16.5. The minimum atomic E-state index is 0.549. The third kappa shape index (κ3) is 3.76. The standard InChI is InChI=1S/C20H31N3O/c1-2-7-17(8-3-1)23-12-5-6-16(14-23)22-19-10-4-9-18(19)20-15-24-13-11-21-20/h1-3,7-8,16,18-22H,4-6,9-15H2. The van der Waals surface area contributed by atoms with Gasteiger partial charge < -0.3 is 20.3 Å². The van der Waals surface area contributed by atoms with Gasteiger partial charge in [-0.15, -0.1) is 0 Å². The first-order valence-electron chi connectivity index (χ1n) is 9.77. The first kappa shape index (κ1) is 16.4. The van der Waals surface area contributed by atoms with E-state index in [9.17, 15) is 0 Å². The Kier molecular flexibility index (Phi) is 5.36. The molecule has 1 saturated carbocycles. The lowest BCUT2D eigenvalue weighted by atomic mass is 9.92. The Morgan fingerprint density at radius 1 is 1.08 bits per heavy atom. The predicted molar refractivity (Wildman–Crippen MR) is 98.6 cm³/mol. The second-order valence-electron chi connectivity index (χ2n) is 7.62. The second kappa shape index (κ2) is 7.85. The molecule has 4 unspecified atom stereocenters. The topological polar surface area (TPSA) is 36.5 Å². The van der Waals surface area contributed by atoms with E-state index in [-0.39, 0.29) is 0 Å². The van der Waals surface area contributed by atoms with Crippen molar-refractivity contribution in [1.82, 2.24) is 10.6 Å². The van der Waals surface area contributed by atoms with E-state index in [4.69, 9.17) is 4.74 Å². The molecule has 3 aliphatic rings. The zero-order chi connectivity index (χ0) is 16.2. The molecule has 0 radical (unpaired) electrons. The molecule has 0 aromatic heterocycles. The summed E-state index contributed by atoms with van der Waals surface area (Å²) in [6.45, 7) is 5.11. The number of piperidine rings is 1. The number of nitrogens with zero attached hydrogens (tertiary/aromatic N) is 1. The summed E-state index contributed by atoms with van der Waals surface area (Å²) in [5.74, 6) is 0.734. The summed E-state index contributed by atoms with van der Waals surface area (Å²) >= 11 is 0. The molecule has 4 nitrogen and oxygen atoms in total. The maximum atomic E-state index is 5.71. The molecule has 4 rings (SSSR count). The minimum absolute atomic E-state index is 0.549. The minimum Gasteiger partial charge on any atom is -0.379 e. The van der Waals surface area contributed by atoms with Gasteiger partial charge in [-0.3, -0.25) is 0 Å². The van der Waals surface area contributed by atoms with Crippen LogP contribution in [0.25, 0.3) is 0 Å². The van der Waals surface area contributed by atoms with Gasteiger partial charge in [0.2, 0.25) is 0 Å². The molecule has 1 aliphatic carbocycles. The molecule has 0 spiro atoms. The van der Waals surface area contributed by atoms with E-state index in [1.165, 1.54) is 44.3 Å². The van der Waals surface area contributed by atoms with Crippen molar-refractivity contribution in [3.63, 3.8) is 0 Å². The lowest BCUT2D eigenvalue weighted by molar-refractivity contribution is 0.0515. The van der Waals surface area contributed by atoms with E-state index in [1.54, 1.807) is 0 Å². The molecule has 2 heterocycles. The molecule has 24 heavy (non-hydrogen) atoms. The van der Waals surface area contributed by atoms with Crippen molar-refractivity contribution in [3.8, 4) is 0 Å². The van der Waals surface area contributed by atoms with Crippen LogP contribution in [0.4, 0.5) is 5.69 Å². The smallest absolute Gasteiger partial charge is 0.0623 e. The molecule has 4 heteroatoms. The van der Waals surface area contributed by atoms with Gasteiger partial charge in [0.15, 0.2) is 0 Å². The Hall–Kier alpha value is -1.10. The largest absolute Gasteiger partial charge is 0.379 e. The third-order valence-corrected chi connectivity index (χ3v) is 6.03. The Morgan fingerprint density at radius 2 is 2.00 bits per heavy atom. The average Bonchev–Trinajstić information content (AvgIpc) is 3.11. The van der Waals surface area contributed by atoms with E-state index in [1.807, 2.05) is 0 Å². The zero-order valence-electron chi connectivity index (χ0n) is 14.6. The van der Waals surface area contributed by atoms with Gasteiger partial charge in [0.1, 0.15) is 0 Å². The van der Waals surface area contributed by atoms with Gasteiger partial charge in [0.05, 0.1) is 13.2 Å². The van der Waals surface area contributed by atoms with Crippen LogP contribution in [0.3, 0.4) is 0 Å². The molecular formula is C20H31N3O. The van der Waals surface area contributed by atoms with Crippen LogP contribution in [0.2, 0.25) is 0 Å². The molecular weight excluding hydrogens is 298 g/mol. The van der Waals surface area contributed by atoms with Crippen LogP contribution in [-0.2, 0) is 4.74 Å². The predicted octanol–water partition coefficient (Wildman–Crippen LogP) is 2.40. The number of morpholine rings is 1. The number of para-hydroxylation sites is 1. The fourth-order valence-corrected chi connectivity index (χ4v) is 4.83. The molecule has 1 aromatic rings. The molecule has 2 N–H and O–H groups in total. The Balaban J connectivity index is 1.35. The third-order valence-electron chi connectivity index (χ3n) is 6.03. The molecule has 132 valence electrons. The SMILES string of the molecule is c1ccc(N2CCCC(NC3CCCC3C3COCCN3)C2)cc1. The van der Waals surface area contributed by atoms with Crippen LogP contribution >= 0.6 is 0 Å². The molecule has 2 aliphatic heterocycles. The van der Waals surface area contributed by atoms with Crippen LogP contribution in [0, 0.1) is 5.92 Å². The maximum absolute atomic E-state index is 5.71. The molecule has 4 atom stereocenters. The van der Waals surface area contributed by atoms with E-state index in [0.717, 1.165) is 32.2 Å². The lowest BCUT2D eigenvalue weighted by Crippen LogP contribution is -2.55. The Labute approximate surface area is 145 Å². The molecule has 0 bridgehead atoms. The summed E-state index contributed by atoms with van der Waals surface area (Å²) in [4.78, 5) is 2.55. The number of anilines is 1. The van der Waals surface area contributed by atoms with Gasteiger partial charge in [-0.2, -0.15) is 0 Å². The molecule has 0 amide bonds. The summed E-state index contributed by atoms with van der Waals surface area (Å²) in [6, 6.07) is 12.7. The maximum Gasteiger partial charge on any atom is 0.0623 e. The summed E-state index contributed by atoms with van der Waals surface area (Å²) in [5, 5.41) is 7.72. The molecule has 1 aromatic carbocycles. The van der Waals surface area contributed by atoms with E-state index in [0.29, 0.717) is 18.1 Å². The first-order valence-corrected chi connectivity index (χ1v) is 9.77. The monoisotopic (exact) mass is 329 g/mol. The van der Waals surface area contributed by atoms with Crippen molar-refractivity contribution in [1.29, 1.82) is 0 Å². The van der Waals surface area contributed by atoms with Crippen molar-refractivity contribution in [2.75, 3.05) is 37.7 Å². The number of benzene rings is 1. The second-order valence-corrected chi connectivity index (χ2v) is 7.62. The highest BCUT2D eigenvalue weighted by Gasteiger charge is 2.36. The lowest BCUT2D eigenvalue weighted by Gasteiger charge is -2.39. The van der Waals surface area contributed by atoms with Crippen LogP contribution < -0.4 is 15.5 Å². The van der Waals surface area contributed by atoms with Gasteiger partial charge in [0, 0.05) is 43.4 Å². The van der Waals surface area contributed by atoms with Crippen molar-refractivity contribution in [2.24, 2.45) is 5.92 Å². The van der Waals surface area contributed by atoms with Crippen molar-refractivity contribution in [3.05, 3.63) is 30.3 Å². The number of rotatable bonds is 4. The number of ether oxygens (including phenoxy) is 1. The van der Waals surface area contributed by atoms with Crippen LogP contribution in [0.5, 0.6) is 0 Å². The van der Waals surface area contributed by atoms with Crippen molar-refractivity contribution >= 4 is 5.69 Å². The normalized spacial score (nSPS) is 34.4. The van der Waals surface area contributed by atoms with Gasteiger partial charge in [-0.05, 0) is 43.7 Å². The average molecular weight is 329 g/mol. The van der Waals surface area contributed by atoms with Crippen LogP contribution in [0.1, 0.15) is 32.1 Å². The molecule has 2 saturated heterocycles. The van der Waals surface area contributed by atoms with E-state index in [2.05, 4.69) is 45.9 Å². The Bertz CT molecular complexity index is 503. The zero-order valence-corrected chi connectivity index (χ0v) is 14.6. The Morgan fingerprint density at radius 3 is 2.83 bits per heavy atom. The van der Waals surface area contributed by atoms with Crippen molar-refractivity contribution in [2.45, 2.75) is 50.2 Å². The van der Waals surface area contributed by atoms with Crippen LogP contribution in [-0.4, -0.2) is 51.0 Å². The number of nitrogens with one attached hydrogen (secondary N) is 2. The van der Waals surface area contributed by atoms with E-state index >= 15 is 0 Å². The van der Waals surface area contributed by atoms with Gasteiger partial charge in [-0.25, -0.2) is 0 Å². The van der Waals surface area contributed by atoms with E-state index < -0.39 is 0 Å². The van der Waals surface area contributed by atoms with Crippen LogP contribution in [0.15, 0.2) is 30.3 Å². The fraction of sp³-hybridized carbons (Fsp3) is 0.700. The summed E-state index contributed by atoms with van der Waals surface area (Å²) in [7, 11) is 0. The van der Waals surface area contributed by atoms with Gasteiger partial charge >= 0.3 is 0 Å². The quantitative estimate of drug-likeness (QED) is 0.889. The van der Waals surface area contributed by atoms with Gasteiger partial charge in [0.25, 0.3) is 0 Å². The summed E-state index contributed by atoms with van der Waals surface area (Å²) in [6.07, 6.45) is 6.62. The summed E-state index contributed by atoms with van der Waals surface area (Å²) < 4.78 is 5.71. The summed E-state index contributed by atoms with van der Waals surface area (Å²) in [5.41, 5.74) is 1.37. The highest BCUT2D eigenvalue weighted by Crippen LogP contribution is 2.31. The molecule has 3 fully saturated rings. The van der Waals surface area contributed by atoms with Gasteiger partial charge in [-0.1, -0.05) is 24.6 Å². The number of hydrogen-bond donors (Lipinski definition) is 2.